The summed E-state index contributed by atoms with van der Waals surface area (Å²) in [4.78, 5) is 23.2. The van der Waals surface area contributed by atoms with E-state index in [1.165, 1.54) is 12.1 Å². The predicted octanol–water partition coefficient (Wildman–Crippen LogP) is 5.46. The molecule has 0 atom stereocenters. The van der Waals surface area contributed by atoms with Gasteiger partial charge >= 0.3 is 5.97 Å². The van der Waals surface area contributed by atoms with Crippen LogP contribution in [0.3, 0.4) is 0 Å². The molecule has 0 amide bonds. The van der Waals surface area contributed by atoms with Gasteiger partial charge < -0.3 is 4.74 Å². The molecule has 0 N–H and O–H groups in total. The van der Waals surface area contributed by atoms with Crippen LogP contribution < -0.4 is 0 Å². The maximum absolute atomic E-state index is 12.9. The average molecular weight is 434 g/mol. The zero-order valence-corrected chi connectivity index (χ0v) is 16.9. The van der Waals surface area contributed by atoms with Gasteiger partial charge in [-0.3, -0.25) is 10.1 Å². The van der Waals surface area contributed by atoms with Crippen LogP contribution in [0.1, 0.15) is 15.9 Å². The van der Waals surface area contributed by atoms with E-state index in [9.17, 15) is 14.9 Å². The van der Waals surface area contributed by atoms with Crippen molar-refractivity contribution < 1.29 is 14.5 Å². The summed E-state index contributed by atoms with van der Waals surface area (Å²) in [6, 6.07) is 22.3. The Morgan fingerprint density at radius 1 is 1.00 bits per heavy atom. The Kier molecular flexibility index (Phi) is 5.77. The lowest BCUT2D eigenvalue weighted by Gasteiger charge is -2.05. The van der Waals surface area contributed by atoms with Gasteiger partial charge in [-0.25, -0.2) is 9.48 Å². The van der Waals surface area contributed by atoms with Crippen molar-refractivity contribution in [1.29, 1.82) is 0 Å². The van der Waals surface area contributed by atoms with E-state index in [-0.39, 0.29) is 12.3 Å². The van der Waals surface area contributed by atoms with Crippen LogP contribution in [0.5, 0.6) is 0 Å². The lowest BCUT2D eigenvalue weighted by molar-refractivity contribution is -0.384. The molecule has 0 spiro atoms. The molecule has 0 aliphatic rings. The zero-order chi connectivity index (χ0) is 21.8. The van der Waals surface area contributed by atoms with E-state index >= 15 is 0 Å². The minimum atomic E-state index is -0.550. The Hall–Kier alpha value is -3.97. The number of nitrogens with zero attached hydrogens (tertiary/aromatic N) is 3. The molecule has 8 heteroatoms. The topological polar surface area (TPSA) is 87.3 Å². The molecule has 1 aromatic heterocycles. The number of ether oxygens (including phenoxy) is 1. The van der Waals surface area contributed by atoms with Crippen LogP contribution in [0, 0.1) is 10.1 Å². The summed E-state index contributed by atoms with van der Waals surface area (Å²) < 4.78 is 7.08. The van der Waals surface area contributed by atoms with Crippen molar-refractivity contribution in [2.75, 3.05) is 0 Å². The molecule has 0 unspecified atom stereocenters. The van der Waals surface area contributed by atoms with Gasteiger partial charge in [0.05, 0.1) is 10.6 Å². The van der Waals surface area contributed by atoms with Crippen LogP contribution in [0.25, 0.3) is 16.9 Å². The molecular formula is C23H16ClN3O4. The summed E-state index contributed by atoms with van der Waals surface area (Å²) >= 11 is 5.99. The second-order valence-electron chi connectivity index (χ2n) is 6.68. The first-order chi connectivity index (χ1) is 15.0. The number of para-hydroxylation sites is 1. The fourth-order valence-corrected chi connectivity index (χ4v) is 3.12. The Morgan fingerprint density at radius 3 is 2.32 bits per heavy atom. The van der Waals surface area contributed by atoms with Crippen molar-refractivity contribution in [2.45, 2.75) is 6.61 Å². The molecule has 1 heterocycles. The molecule has 0 aliphatic carbocycles. The number of hydrogen-bond donors (Lipinski definition) is 0. The molecule has 31 heavy (non-hydrogen) atoms. The Balaban J connectivity index is 1.62. The van der Waals surface area contributed by atoms with Crippen molar-refractivity contribution in [2.24, 2.45) is 0 Å². The Labute approximate surface area is 182 Å². The second-order valence-corrected chi connectivity index (χ2v) is 7.11. The van der Waals surface area contributed by atoms with Crippen LogP contribution in [0.4, 0.5) is 5.69 Å². The van der Waals surface area contributed by atoms with E-state index in [0.717, 1.165) is 11.3 Å². The monoisotopic (exact) mass is 433 g/mol. The number of nitro benzene ring substituents is 1. The van der Waals surface area contributed by atoms with E-state index in [1.807, 2.05) is 30.3 Å². The van der Waals surface area contributed by atoms with Gasteiger partial charge in [0.2, 0.25) is 0 Å². The molecule has 0 bridgehead atoms. The number of carbonyl (C=O) groups is 1. The molecule has 0 fully saturated rings. The van der Waals surface area contributed by atoms with Crippen molar-refractivity contribution >= 4 is 23.3 Å². The highest BCUT2D eigenvalue weighted by Crippen LogP contribution is 2.26. The third kappa shape index (κ3) is 4.62. The molecule has 4 aromatic rings. The highest BCUT2D eigenvalue weighted by Gasteiger charge is 2.20. The van der Waals surface area contributed by atoms with Crippen LogP contribution in [0.2, 0.25) is 5.02 Å². The van der Waals surface area contributed by atoms with Gasteiger partial charge in [-0.2, -0.15) is 5.10 Å². The first-order valence-corrected chi connectivity index (χ1v) is 9.70. The SMILES string of the molecule is O=C(OCc1ccc([N+](=O)[O-])cc1)c1cn(-c2ccccc2)nc1-c1ccc(Cl)cc1. The highest BCUT2D eigenvalue weighted by molar-refractivity contribution is 6.30. The quantitative estimate of drug-likeness (QED) is 0.229. The standard InChI is InChI=1S/C23H16ClN3O4/c24-18-10-8-17(9-11-18)22-21(14-26(25-22)19-4-2-1-3-5-19)23(28)31-15-16-6-12-20(13-7-16)27(29)30/h1-14H,15H2. The van der Waals surface area contributed by atoms with Gasteiger partial charge in [0, 0.05) is 28.9 Å². The summed E-state index contributed by atoms with van der Waals surface area (Å²) in [5, 5.41) is 15.9. The first kappa shape index (κ1) is 20.3. The summed E-state index contributed by atoms with van der Waals surface area (Å²) in [6.45, 7) is -0.0204. The lowest BCUT2D eigenvalue weighted by Crippen LogP contribution is -2.06. The average Bonchev–Trinajstić information content (AvgIpc) is 3.24. The van der Waals surface area contributed by atoms with E-state index in [4.69, 9.17) is 16.3 Å². The minimum Gasteiger partial charge on any atom is -0.457 e. The number of benzene rings is 3. The molecule has 0 saturated carbocycles. The van der Waals surface area contributed by atoms with E-state index in [0.29, 0.717) is 21.8 Å². The second kappa shape index (κ2) is 8.81. The van der Waals surface area contributed by atoms with Crippen molar-refractivity contribution in [1.82, 2.24) is 9.78 Å². The van der Waals surface area contributed by atoms with Gasteiger partial charge in [-0.15, -0.1) is 0 Å². The zero-order valence-electron chi connectivity index (χ0n) is 16.1. The summed E-state index contributed by atoms with van der Waals surface area (Å²) in [5.41, 5.74) is 2.91. The molecule has 0 aliphatic heterocycles. The van der Waals surface area contributed by atoms with E-state index in [1.54, 1.807) is 47.3 Å². The largest absolute Gasteiger partial charge is 0.457 e. The predicted molar refractivity (Wildman–Crippen MR) is 116 cm³/mol. The maximum Gasteiger partial charge on any atom is 0.342 e. The number of aromatic nitrogens is 2. The summed E-state index contributed by atoms with van der Waals surface area (Å²) in [7, 11) is 0. The van der Waals surface area contributed by atoms with Crippen molar-refractivity contribution in [3.63, 3.8) is 0 Å². The van der Waals surface area contributed by atoms with Crippen molar-refractivity contribution in [3.8, 4) is 16.9 Å². The van der Waals surface area contributed by atoms with Crippen LogP contribution >= 0.6 is 11.6 Å². The smallest absolute Gasteiger partial charge is 0.342 e. The third-order valence-electron chi connectivity index (χ3n) is 4.59. The molecule has 7 nitrogen and oxygen atoms in total. The summed E-state index contributed by atoms with van der Waals surface area (Å²) in [6.07, 6.45) is 1.62. The van der Waals surface area contributed by atoms with Gasteiger partial charge in [-0.05, 0) is 42.0 Å². The minimum absolute atomic E-state index is 0.0204. The van der Waals surface area contributed by atoms with E-state index in [2.05, 4.69) is 5.10 Å². The molecule has 4 rings (SSSR count). The van der Waals surface area contributed by atoms with E-state index < -0.39 is 10.9 Å². The fourth-order valence-electron chi connectivity index (χ4n) is 3.00. The van der Waals surface area contributed by atoms with Gasteiger partial charge in [0.15, 0.2) is 0 Å². The normalized spacial score (nSPS) is 10.6. The number of rotatable bonds is 6. The molecule has 0 radical (unpaired) electrons. The highest BCUT2D eigenvalue weighted by atomic mass is 35.5. The van der Waals surface area contributed by atoms with Crippen LogP contribution in [0.15, 0.2) is 85.1 Å². The Morgan fingerprint density at radius 2 is 1.68 bits per heavy atom. The fraction of sp³-hybridized carbons (Fsp3) is 0.0435. The lowest BCUT2D eigenvalue weighted by atomic mass is 10.1. The molecular weight excluding hydrogens is 418 g/mol. The van der Waals surface area contributed by atoms with Crippen molar-refractivity contribution in [3.05, 3.63) is 111 Å². The number of halogens is 1. The molecule has 3 aromatic carbocycles. The Bertz CT molecular complexity index is 1220. The maximum atomic E-state index is 12.9. The van der Waals surface area contributed by atoms with Gasteiger partial charge in [-0.1, -0.05) is 41.9 Å². The first-order valence-electron chi connectivity index (χ1n) is 9.33. The molecule has 0 saturated heterocycles. The summed E-state index contributed by atoms with van der Waals surface area (Å²) in [5.74, 6) is -0.550. The third-order valence-corrected chi connectivity index (χ3v) is 4.84. The van der Waals surface area contributed by atoms with Crippen LogP contribution in [-0.4, -0.2) is 20.7 Å². The number of carbonyl (C=O) groups excluding carboxylic acids is 1. The number of non-ortho nitro benzene ring substituents is 1. The number of hydrogen-bond acceptors (Lipinski definition) is 5. The van der Waals surface area contributed by atoms with Crippen LogP contribution in [-0.2, 0) is 11.3 Å². The number of esters is 1. The van der Waals surface area contributed by atoms with Gasteiger partial charge in [0.25, 0.3) is 5.69 Å². The van der Waals surface area contributed by atoms with Gasteiger partial charge in [0.1, 0.15) is 17.9 Å². The molecule has 154 valence electrons. The number of nitro groups is 1.